The number of hydrogen-bond acceptors (Lipinski definition) is 13. The predicted molar refractivity (Wildman–Crippen MR) is 188 cm³/mol. The summed E-state index contributed by atoms with van der Waals surface area (Å²) >= 11 is 7.40. The summed E-state index contributed by atoms with van der Waals surface area (Å²) < 4.78 is 14.7. The van der Waals surface area contributed by atoms with Crippen LogP contribution in [0.5, 0.6) is 17.2 Å². The first-order chi connectivity index (χ1) is 24.0. The largest absolute Gasteiger partial charge is 2.00 e. The summed E-state index contributed by atoms with van der Waals surface area (Å²) in [5.41, 5.74) is 5.62. The number of ether oxygens (including phenoxy) is 3. The van der Waals surface area contributed by atoms with E-state index in [1.807, 2.05) is 48.5 Å². The summed E-state index contributed by atoms with van der Waals surface area (Å²) in [6.45, 7) is 0.664. The fraction of sp³-hybridized carbons (Fsp3) is 0.0294. The predicted octanol–water partition coefficient (Wildman–Crippen LogP) is 6.22. The first kappa shape index (κ1) is 38.4. The number of benzene rings is 2. The van der Waals surface area contributed by atoms with Gasteiger partial charge in [0.2, 0.25) is 0 Å². The van der Waals surface area contributed by atoms with Gasteiger partial charge in [0.15, 0.2) is 0 Å². The van der Waals surface area contributed by atoms with E-state index in [0.717, 1.165) is 50.0 Å². The van der Waals surface area contributed by atoms with Gasteiger partial charge < -0.3 is 37.2 Å². The molecule has 1 N–H and O–H groups in total. The Kier molecular flexibility index (Phi) is 15.1. The van der Waals surface area contributed by atoms with Gasteiger partial charge in [-0.25, -0.2) is 10.2 Å². The summed E-state index contributed by atoms with van der Waals surface area (Å²) in [6.07, 6.45) is 6.56. The monoisotopic (exact) mass is 788 g/mol. The van der Waals surface area contributed by atoms with Gasteiger partial charge in [0.05, 0.1) is 40.6 Å². The van der Waals surface area contributed by atoms with E-state index in [0.29, 0.717) is 35.8 Å². The van der Waals surface area contributed by atoms with Crippen LogP contribution in [0.1, 0.15) is 0 Å². The average molecular weight is 788 g/mol. The number of isothiocyanates is 1. The molecule has 13 nitrogen and oxygen atoms in total. The molecule has 0 aliphatic carbocycles. The van der Waals surface area contributed by atoms with Gasteiger partial charge in [0, 0.05) is 53.3 Å². The molecule has 0 fully saturated rings. The summed E-state index contributed by atoms with van der Waals surface area (Å²) in [5.74, 6) is 2.32. The normalized spacial score (nSPS) is 9.44. The maximum atomic E-state index is 10.2. The molecule has 7 rings (SSSR count). The molecule has 7 aromatic rings. The number of aromatic amines is 1. The number of carbonyl (C=O) groups excluding carboxylic acids is 2. The number of fused-ring (bicyclic) bond motifs is 6. The first-order valence-electron chi connectivity index (χ1n) is 13.8. The van der Waals surface area contributed by atoms with E-state index in [-0.39, 0.29) is 19.5 Å². The van der Waals surface area contributed by atoms with Crippen LogP contribution in [-0.4, -0.2) is 55.1 Å². The number of hydrogen-bond donors (Lipinski definition) is 1. The van der Waals surface area contributed by atoms with Crippen molar-refractivity contribution in [3.63, 3.8) is 0 Å². The molecule has 0 radical (unpaired) electrons. The van der Waals surface area contributed by atoms with Crippen LogP contribution in [0.3, 0.4) is 0 Å². The van der Waals surface area contributed by atoms with E-state index in [4.69, 9.17) is 29.9 Å². The van der Waals surface area contributed by atoms with Crippen molar-refractivity contribution in [2.45, 2.75) is 0 Å². The topological polar surface area (TPSA) is 188 Å². The molecule has 0 saturated carbocycles. The van der Waals surface area contributed by atoms with Crippen molar-refractivity contribution in [3.8, 4) is 45.4 Å². The molecule has 0 saturated heterocycles. The van der Waals surface area contributed by atoms with Gasteiger partial charge in [0.25, 0.3) is 12.9 Å². The summed E-state index contributed by atoms with van der Waals surface area (Å²) in [7, 11) is 1.66. The van der Waals surface area contributed by atoms with E-state index in [2.05, 4.69) is 49.8 Å². The van der Waals surface area contributed by atoms with Crippen molar-refractivity contribution in [2.75, 3.05) is 7.11 Å². The van der Waals surface area contributed by atoms with Crippen molar-refractivity contribution in [1.29, 1.82) is 5.26 Å². The SMILES string of the molecule is COc1cccc(-c2nc3c4cccnc4c4ncccc4c3[nH]2)c1.N#C[S-].O=COc1ccnc(-c2cc(OC=O)ccn2)c1.[N-]=C=S.[Ru+2]. The number of imidazole rings is 1. The first-order valence-corrected chi connectivity index (χ1v) is 14.6. The van der Waals surface area contributed by atoms with Crippen LogP contribution >= 0.6 is 12.2 Å². The Bertz CT molecular complexity index is 2190. The van der Waals surface area contributed by atoms with Crippen molar-refractivity contribution in [1.82, 2.24) is 29.9 Å². The molecule has 0 amide bonds. The van der Waals surface area contributed by atoms with Crippen LogP contribution in [0.15, 0.2) is 97.6 Å². The standard InChI is InChI=1S/C20H14N4O.C12H8N2O4.CHNS.CNS.Ru/c1-25-13-6-2-5-12(11-13)20-23-18-14-7-3-9-21-16(14)17-15(19(18)24-20)8-4-10-22-17;15-7-17-9-1-3-13-11(5-9)12-6-10(18-8-16)2-4-14-12;2*2-1-3;/h2-11H,1H3,(H,23,24);1-8H;3H;;/q;;;-1;+2/p-1. The Morgan fingerprint density at radius 2 is 1.32 bits per heavy atom. The molecule has 0 atom stereocenters. The number of nitrogens with zero attached hydrogens (tertiary/aromatic N) is 7. The van der Waals surface area contributed by atoms with E-state index < -0.39 is 0 Å². The third-order valence-corrected chi connectivity index (χ3v) is 6.50. The summed E-state index contributed by atoms with van der Waals surface area (Å²) in [6, 6.07) is 22.0. The molecule has 50 heavy (non-hydrogen) atoms. The van der Waals surface area contributed by atoms with Crippen molar-refractivity contribution < 1.29 is 43.3 Å². The van der Waals surface area contributed by atoms with Crippen LogP contribution in [0.25, 0.3) is 61.0 Å². The number of aromatic nitrogens is 6. The van der Waals surface area contributed by atoms with Crippen molar-refractivity contribution >= 4 is 75.8 Å². The molecule has 2 aromatic carbocycles. The van der Waals surface area contributed by atoms with Crippen molar-refractivity contribution in [2.24, 2.45) is 0 Å². The van der Waals surface area contributed by atoms with Gasteiger partial charge in [-0.1, -0.05) is 29.8 Å². The quantitative estimate of drug-likeness (QED) is 0.0365. The van der Waals surface area contributed by atoms with E-state index in [9.17, 15) is 9.59 Å². The molecule has 5 heterocycles. The van der Waals surface area contributed by atoms with Gasteiger partial charge >= 0.3 is 19.5 Å². The molecule has 248 valence electrons. The minimum atomic E-state index is 0. The molecule has 0 unspecified atom stereocenters. The molecule has 16 heteroatoms. The smallest absolute Gasteiger partial charge is 0.753 e. The van der Waals surface area contributed by atoms with Crippen LogP contribution in [0.4, 0.5) is 0 Å². The zero-order chi connectivity index (χ0) is 35.0. The molecule has 0 spiro atoms. The number of rotatable bonds is 7. The van der Waals surface area contributed by atoms with Gasteiger partial charge in [-0.3, -0.25) is 29.5 Å². The molecule has 0 aliphatic rings. The van der Waals surface area contributed by atoms with E-state index >= 15 is 0 Å². The van der Waals surface area contributed by atoms with E-state index in [1.165, 1.54) is 23.0 Å². The Morgan fingerprint density at radius 1 is 0.780 bits per heavy atom. The van der Waals surface area contributed by atoms with Crippen LogP contribution in [-0.2, 0) is 41.7 Å². The molecule has 0 aliphatic heterocycles. The van der Waals surface area contributed by atoms with Crippen molar-refractivity contribution in [3.05, 3.63) is 103 Å². The fourth-order valence-electron chi connectivity index (χ4n) is 4.61. The second-order valence-corrected chi connectivity index (χ2v) is 9.57. The summed E-state index contributed by atoms with van der Waals surface area (Å²) in [4.78, 5) is 46.1. The second kappa shape index (κ2) is 19.7. The Balaban J connectivity index is 0.000000239. The Labute approximate surface area is 308 Å². The third-order valence-electron chi connectivity index (χ3n) is 6.50. The molecule has 0 bridgehead atoms. The van der Waals surface area contributed by atoms with E-state index in [1.54, 1.807) is 43.8 Å². The molecular weight excluding hydrogens is 766 g/mol. The molecule has 5 aromatic heterocycles. The average Bonchev–Trinajstić information content (AvgIpc) is 3.60. The van der Waals surface area contributed by atoms with Crippen LogP contribution in [0.2, 0.25) is 0 Å². The number of H-pyrrole nitrogens is 1. The zero-order valence-corrected chi connectivity index (χ0v) is 29.1. The van der Waals surface area contributed by atoms with Crippen LogP contribution in [0, 0.1) is 10.7 Å². The van der Waals surface area contributed by atoms with Crippen LogP contribution < -0.4 is 14.2 Å². The van der Waals surface area contributed by atoms with Gasteiger partial charge in [-0.15, -0.1) is 0 Å². The number of nitriles is 1. The number of nitrogens with one attached hydrogen (secondary N) is 1. The summed E-state index contributed by atoms with van der Waals surface area (Å²) in [5, 5.41) is 18.9. The number of pyridine rings is 4. The second-order valence-electron chi connectivity index (χ2n) is 9.20. The minimum Gasteiger partial charge on any atom is -0.753 e. The molecular formula is C34H22N8O5RuS2. The number of thiocarbonyl (C=S) groups is 1. The Hall–Kier alpha value is -6.10. The number of thiocyanates is 1. The van der Waals surface area contributed by atoms with Gasteiger partial charge in [-0.2, -0.15) is 5.16 Å². The fourth-order valence-corrected chi connectivity index (χ4v) is 4.61. The zero-order valence-electron chi connectivity index (χ0n) is 25.7. The maximum Gasteiger partial charge on any atom is 2.00 e. The maximum absolute atomic E-state index is 10.2. The minimum absolute atomic E-state index is 0. The van der Waals surface area contributed by atoms with Gasteiger partial charge in [0.1, 0.15) is 23.1 Å². The number of methoxy groups -OCH3 is 1. The third kappa shape index (κ3) is 9.50. The number of carbonyl (C=O) groups is 2. The Morgan fingerprint density at radius 3 is 1.86 bits per heavy atom. The van der Waals surface area contributed by atoms with Gasteiger partial charge in [-0.05, 0) is 48.5 Å².